The highest BCUT2D eigenvalue weighted by molar-refractivity contribution is 5.33. The molecule has 0 fully saturated rings. The standard InChI is InChI=1S/C18H27N/c1-3-5-6-10-16-11-7-8-13-18(14-9-12-16)17(4-2)15-19/h4,8,16-17H,2-3,5-7,10-12,15,19H2,1H3. The summed E-state index contributed by atoms with van der Waals surface area (Å²) in [7, 11) is 0. The normalized spacial score (nSPS) is 20.3. The molecule has 0 bridgehead atoms. The molecule has 2 N–H and O–H groups in total. The van der Waals surface area contributed by atoms with Crippen LogP contribution in [-0.4, -0.2) is 6.54 Å². The van der Waals surface area contributed by atoms with Gasteiger partial charge in [-0.15, -0.1) is 12.3 Å². The van der Waals surface area contributed by atoms with E-state index in [-0.39, 0.29) is 5.92 Å². The monoisotopic (exact) mass is 257 g/mol. The molecular formula is C18H27N. The molecule has 2 unspecified atom stereocenters. The van der Waals surface area contributed by atoms with Crippen LogP contribution in [0.2, 0.25) is 0 Å². The zero-order chi connectivity index (χ0) is 13.9. The highest BCUT2D eigenvalue weighted by atomic mass is 14.5. The van der Waals surface area contributed by atoms with Gasteiger partial charge >= 0.3 is 0 Å². The van der Waals surface area contributed by atoms with E-state index >= 15 is 0 Å². The van der Waals surface area contributed by atoms with E-state index in [1.165, 1.54) is 32.1 Å². The second-order valence-electron chi connectivity index (χ2n) is 5.29. The summed E-state index contributed by atoms with van der Waals surface area (Å²) in [5, 5.41) is 0. The van der Waals surface area contributed by atoms with E-state index in [2.05, 4.69) is 37.2 Å². The molecule has 0 aromatic heterocycles. The molecule has 1 heteroatoms. The molecule has 0 aromatic rings. The molecule has 2 atom stereocenters. The maximum absolute atomic E-state index is 5.74. The van der Waals surface area contributed by atoms with Crippen molar-refractivity contribution in [1.29, 1.82) is 0 Å². The van der Waals surface area contributed by atoms with Crippen molar-refractivity contribution in [3.8, 4) is 11.8 Å². The van der Waals surface area contributed by atoms with Gasteiger partial charge in [0.25, 0.3) is 0 Å². The summed E-state index contributed by atoms with van der Waals surface area (Å²) in [5.41, 5.74) is 10.1. The second kappa shape index (κ2) is 9.68. The van der Waals surface area contributed by atoms with Crippen molar-refractivity contribution >= 4 is 0 Å². The van der Waals surface area contributed by atoms with Crippen LogP contribution in [0.3, 0.4) is 0 Å². The zero-order valence-electron chi connectivity index (χ0n) is 12.3. The van der Waals surface area contributed by atoms with Crippen molar-refractivity contribution in [3.63, 3.8) is 0 Å². The number of hydrogen-bond donors (Lipinski definition) is 1. The lowest BCUT2D eigenvalue weighted by Gasteiger charge is -2.12. The third-order valence-electron chi connectivity index (χ3n) is 3.72. The highest BCUT2D eigenvalue weighted by Gasteiger charge is 2.09. The van der Waals surface area contributed by atoms with Gasteiger partial charge in [0, 0.05) is 18.9 Å². The van der Waals surface area contributed by atoms with Crippen LogP contribution in [0.1, 0.15) is 51.9 Å². The first kappa shape index (κ1) is 15.8. The van der Waals surface area contributed by atoms with Crippen LogP contribution < -0.4 is 5.73 Å². The van der Waals surface area contributed by atoms with E-state index in [1.54, 1.807) is 0 Å². The predicted octanol–water partition coefficient (Wildman–Crippen LogP) is 4.21. The lowest BCUT2D eigenvalue weighted by molar-refractivity contribution is 0.441. The Morgan fingerprint density at radius 3 is 3.05 bits per heavy atom. The van der Waals surface area contributed by atoms with Gasteiger partial charge in [-0.3, -0.25) is 0 Å². The zero-order valence-corrected chi connectivity index (χ0v) is 12.3. The van der Waals surface area contributed by atoms with E-state index in [0.717, 1.165) is 24.3 Å². The number of unbranched alkanes of at least 4 members (excludes halogenated alkanes) is 2. The number of nitrogens with two attached hydrogens (primary N) is 1. The van der Waals surface area contributed by atoms with Crippen molar-refractivity contribution in [1.82, 2.24) is 0 Å². The van der Waals surface area contributed by atoms with Crippen molar-refractivity contribution in [2.75, 3.05) is 6.54 Å². The SMILES string of the molecule is C=CC(CN)C1=C=CCCC(CCCCC)CC#C1. The number of rotatable bonds is 7. The van der Waals surface area contributed by atoms with Crippen molar-refractivity contribution < 1.29 is 0 Å². The molecule has 0 spiro atoms. The average molecular weight is 257 g/mol. The van der Waals surface area contributed by atoms with E-state index < -0.39 is 0 Å². The Bertz CT molecular complexity index is 388. The Labute approximate surface area is 118 Å². The van der Waals surface area contributed by atoms with Gasteiger partial charge < -0.3 is 5.73 Å². The van der Waals surface area contributed by atoms with E-state index in [4.69, 9.17) is 5.73 Å². The molecule has 19 heavy (non-hydrogen) atoms. The quantitative estimate of drug-likeness (QED) is 0.314. The van der Waals surface area contributed by atoms with Crippen molar-refractivity contribution in [2.45, 2.75) is 51.9 Å². The van der Waals surface area contributed by atoms with Crippen molar-refractivity contribution in [3.05, 3.63) is 30.0 Å². The molecule has 1 aliphatic carbocycles. The van der Waals surface area contributed by atoms with E-state index in [9.17, 15) is 0 Å². The summed E-state index contributed by atoms with van der Waals surface area (Å²) in [6, 6.07) is 0. The van der Waals surface area contributed by atoms with Crippen LogP contribution >= 0.6 is 0 Å². The molecule has 0 heterocycles. The molecule has 0 saturated heterocycles. The fourth-order valence-electron chi connectivity index (χ4n) is 2.39. The van der Waals surface area contributed by atoms with Crippen LogP contribution in [0, 0.1) is 23.7 Å². The van der Waals surface area contributed by atoms with E-state index in [0.29, 0.717) is 6.54 Å². The topological polar surface area (TPSA) is 26.0 Å². The van der Waals surface area contributed by atoms with E-state index in [1.807, 2.05) is 6.08 Å². The molecule has 1 nitrogen and oxygen atoms in total. The minimum atomic E-state index is 0.153. The Morgan fingerprint density at radius 2 is 2.37 bits per heavy atom. The molecule has 0 aromatic carbocycles. The van der Waals surface area contributed by atoms with Gasteiger partial charge in [0.2, 0.25) is 0 Å². The van der Waals surface area contributed by atoms with Gasteiger partial charge in [-0.05, 0) is 31.3 Å². The van der Waals surface area contributed by atoms with Crippen LogP contribution in [0.5, 0.6) is 0 Å². The predicted molar refractivity (Wildman–Crippen MR) is 83.6 cm³/mol. The molecule has 1 aliphatic rings. The molecular weight excluding hydrogens is 230 g/mol. The maximum Gasteiger partial charge on any atom is 0.0515 e. The molecule has 0 radical (unpaired) electrons. The minimum Gasteiger partial charge on any atom is -0.330 e. The van der Waals surface area contributed by atoms with Crippen LogP contribution in [0.15, 0.2) is 30.0 Å². The Morgan fingerprint density at radius 1 is 1.53 bits per heavy atom. The van der Waals surface area contributed by atoms with Gasteiger partial charge in [0.15, 0.2) is 0 Å². The lowest BCUT2D eigenvalue weighted by atomic mass is 9.93. The first-order chi connectivity index (χ1) is 9.31. The molecule has 0 saturated carbocycles. The largest absolute Gasteiger partial charge is 0.330 e. The van der Waals surface area contributed by atoms with Crippen LogP contribution in [0.4, 0.5) is 0 Å². The van der Waals surface area contributed by atoms with Gasteiger partial charge in [-0.2, -0.15) is 0 Å². The fraction of sp³-hybridized carbons (Fsp3) is 0.611. The summed E-state index contributed by atoms with van der Waals surface area (Å²) in [6.45, 7) is 6.64. The third kappa shape index (κ3) is 5.97. The maximum atomic E-state index is 5.74. The molecule has 0 aliphatic heterocycles. The highest BCUT2D eigenvalue weighted by Crippen LogP contribution is 2.20. The molecule has 104 valence electrons. The van der Waals surface area contributed by atoms with Gasteiger partial charge in [0.05, 0.1) is 5.57 Å². The van der Waals surface area contributed by atoms with Gasteiger partial charge in [0.1, 0.15) is 0 Å². The van der Waals surface area contributed by atoms with Crippen LogP contribution in [0.25, 0.3) is 0 Å². The molecule has 1 rings (SSSR count). The summed E-state index contributed by atoms with van der Waals surface area (Å²) < 4.78 is 0. The Balaban J connectivity index is 2.63. The first-order valence-corrected chi connectivity index (χ1v) is 7.58. The van der Waals surface area contributed by atoms with Gasteiger partial charge in [-0.1, -0.05) is 44.1 Å². The third-order valence-corrected chi connectivity index (χ3v) is 3.72. The average Bonchev–Trinajstić information content (AvgIpc) is 2.53. The second-order valence-corrected chi connectivity index (χ2v) is 5.29. The number of hydrogen-bond acceptors (Lipinski definition) is 1. The fourth-order valence-corrected chi connectivity index (χ4v) is 2.39. The Hall–Kier alpha value is -1.22. The summed E-state index contributed by atoms with van der Waals surface area (Å²) in [6.07, 6.45) is 12.6. The Kier molecular flexibility index (Phi) is 8.07. The minimum absolute atomic E-state index is 0.153. The first-order valence-electron chi connectivity index (χ1n) is 7.58. The van der Waals surface area contributed by atoms with Crippen LogP contribution in [-0.2, 0) is 0 Å². The molecule has 0 amide bonds. The summed E-state index contributed by atoms with van der Waals surface area (Å²) >= 11 is 0. The summed E-state index contributed by atoms with van der Waals surface area (Å²) in [4.78, 5) is 0. The smallest absolute Gasteiger partial charge is 0.0515 e. The summed E-state index contributed by atoms with van der Waals surface area (Å²) in [5.74, 6) is 7.49. The van der Waals surface area contributed by atoms with Crippen molar-refractivity contribution in [2.24, 2.45) is 17.6 Å². The van der Waals surface area contributed by atoms with Gasteiger partial charge in [-0.25, -0.2) is 0 Å². The lowest BCUT2D eigenvalue weighted by Crippen LogP contribution is -2.13.